The van der Waals surface area contributed by atoms with E-state index in [-0.39, 0.29) is 5.91 Å². The Morgan fingerprint density at radius 1 is 1.44 bits per heavy atom. The number of nitrogens with one attached hydrogen (secondary N) is 1. The Bertz CT molecular complexity index is 401. The quantitative estimate of drug-likeness (QED) is 0.800. The minimum atomic E-state index is -0.0712. The molecule has 0 saturated carbocycles. The molecule has 1 heterocycles. The smallest absolute Gasteiger partial charge is 0.251 e. The fraction of sp³-hybridized carbons (Fsp3) is 0.500. The van der Waals surface area contributed by atoms with Crippen molar-refractivity contribution in [3.8, 4) is 0 Å². The SMILES string of the molecule is Nc1cccc(C(=O)NCCC2CCCCO2)c1. The summed E-state index contributed by atoms with van der Waals surface area (Å²) in [4.78, 5) is 11.8. The van der Waals surface area contributed by atoms with E-state index in [0.717, 1.165) is 25.9 Å². The summed E-state index contributed by atoms with van der Waals surface area (Å²) >= 11 is 0. The van der Waals surface area contributed by atoms with Gasteiger partial charge in [-0.1, -0.05) is 6.07 Å². The van der Waals surface area contributed by atoms with Crippen LogP contribution in [0.15, 0.2) is 24.3 Å². The monoisotopic (exact) mass is 248 g/mol. The first-order valence-corrected chi connectivity index (χ1v) is 6.51. The lowest BCUT2D eigenvalue weighted by Crippen LogP contribution is -2.29. The number of ether oxygens (including phenoxy) is 1. The van der Waals surface area contributed by atoms with Gasteiger partial charge in [0.15, 0.2) is 0 Å². The van der Waals surface area contributed by atoms with E-state index >= 15 is 0 Å². The third kappa shape index (κ3) is 3.74. The maximum atomic E-state index is 11.8. The molecule has 3 N–H and O–H groups in total. The highest BCUT2D eigenvalue weighted by atomic mass is 16.5. The molecule has 1 amide bonds. The van der Waals surface area contributed by atoms with Gasteiger partial charge in [-0.2, -0.15) is 0 Å². The molecule has 0 bridgehead atoms. The van der Waals surface area contributed by atoms with Gasteiger partial charge in [-0.15, -0.1) is 0 Å². The van der Waals surface area contributed by atoms with E-state index in [9.17, 15) is 4.79 Å². The molecule has 98 valence electrons. The number of benzene rings is 1. The predicted molar refractivity (Wildman–Crippen MR) is 71.4 cm³/mol. The molecule has 1 unspecified atom stereocenters. The fourth-order valence-electron chi connectivity index (χ4n) is 2.16. The van der Waals surface area contributed by atoms with Crippen molar-refractivity contribution in [3.05, 3.63) is 29.8 Å². The van der Waals surface area contributed by atoms with Gasteiger partial charge in [-0.05, 0) is 43.9 Å². The lowest BCUT2D eigenvalue weighted by Gasteiger charge is -2.22. The second-order valence-electron chi connectivity index (χ2n) is 4.66. The molecule has 1 saturated heterocycles. The zero-order valence-electron chi connectivity index (χ0n) is 10.5. The summed E-state index contributed by atoms with van der Waals surface area (Å²) in [5.74, 6) is -0.0712. The highest BCUT2D eigenvalue weighted by Gasteiger charge is 2.14. The Kier molecular flexibility index (Phi) is 4.59. The molecular weight excluding hydrogens is 228 g/mol. The fourth-order valence-corrected chi connectivity index (χ4v) is 2.16. The number of nitrogen functional groups attached to an aromatic ring is 1. The maximum Gasteiger partial charge on any atom is 0.251 e. The van der Waals surface area contributed by atoms with Gasteiger partial charge in [-0.25, -0.2) is 0 Å². The van der Waals surface area contributed by atoms with Crippen LogP contribution in [0.4, 0.5) is 5.69 Å². The van der Waals surface area contributed by atoms with Gasteiger partial charge in [0.2, 0.25) is 0 Å². The Morgan fingerprint density at radius 3 is 3.06 bits per heavy atom. The van der Waals surface area contributed by atoms with Crippen molar-refractivity contribution >= 4 is 11.6 Å². The van der Waals surface area contributed by atoms with Gasteiger partial charge >= 0.3 is 0 Å². The van der Waals surface area contributed by atoms with Crippen LogP contribution in [0.1, 0.15) is 36.0 Å². The van der Waals surface area contributed by atoms with E-state index in [2.05, 4.69) is 5.32 Å². The standard InChI is InChI=1S/C14H20N2O2/c15-12-5-3-4-11(10-12)14(17)16-8-7-13-6-1-2-9-18-13/h3-5,10,13H,1-2,6-9,15H2,(H,16,17). The highest BCUT2D eigenvalue weighted by Crippen LogP contribution is 2.15. The number of hydrogen-bond acceptors (Lipinski definition) is 3. The number of carbonyl (C=O) groups is 1. The Balaban J connectivity index is 1.74. The molecule has 0 radical (unpaired) electrons. The van der Waals surface area contributed by atoms with E-state index in [1.807, 2.05) is 0 Å². The first-order chi connectivity index (χ1) is 8.75. The Hall–Kier alpha value is -1.55. The molecule has 0 aliphatic carbocycles. The van der Waals surface area contributed by atoms with Gasteiger partial charge in [0.1, 0.15) is 0 Å². The van der Waals surface area contributed by atoms with Gasteiger partial charge in [0.25, 0.3) is 5.91 Å². The third-order valence-electron chi connectivity index (χ3n) is 3.17. The lowest BCUT2D eigenvalue weighted by atomic mass is 10.1. The van der Waals surface area contributed by atoms with Gasteiger partial charge < -0.3 is 15.8 Å². The van der Waals surface area contributed by atoms with Crippen LogP contribution in [0.3, 0.4) is 0 Å². The average Bonchev–Trinajstić information content (AvgIpc) is 2.40. The first kappa shape index (κ1) is 12.9. The van der Waals surface area contributed by atoms with Crippen LogP contribution in [0.25, 0.3) is 0 Å². The molecule has 1 aliphatic rings. The summed E-state index contributed by atoms with van der Waals surface area (Å²) < 4.78 is 5.61. The zero-order chi connectivity index (χ0) is 12.8. The first-order valence-electron chi connectivity index (χ1n) is 6.51. The number of carbonyl (C=O) groups excluding carboxylic acids is 1. The number of nitrogens with two attached hydrogens (primary N) is 1. The van der Waals surface area contributed by atoms with E-state index in [1.165, 1.54) is 6.42 Å². The number of hydrogen-bond donors (Lipinski definition) is 2. The van der Waals surface area contributed by atoms with Crippen LogP contribution in [-0.2, 0) is 4.74 Å². The molecule has 18 heavy (non-hydrogen) atoms. The second kappa shape index (κ2) is 6.40. The summed E-state index contributed by atoms with van der Waals surface area (Å²) in [7, 11) is 0. The number of rotatable bonds is 4. The molecule has 1 fully saturated rings. The average molecular weight is 248 g/mol. The van der Waals surface area contributed by atoms with Gasteiger partial charge in [0.05, 0.1) is 6.10 Å². The van der Waals surface area contributed by atoms with Crippen molar-refractivity contribution in [2.45, 2.75) is 31.8 Å². The van der Waals surface area contributed by atoms with Crippen molar-refractivity contribution in [2.24, 2.45) is 0 Å². The van der Waals surface area contributed by atoms with Crippen molar-refractivity contribution in [2.75, 3.05) is 18.9 Å². The second-order valence-corrected chi connectivity index (χ2v) is 4.66. The normalized spacial score (nSPS) is 19.4. The molecule has 1 aromatic carbocycles. The van der Waals surface area contributed by atoms with Crippen molar-refractivity contribution in [1.29, 1.82) is 0 Å². The number of anilines is 1. The summed E-state index contributed by atoms with van der Waals surface area (Å²) in [6.07, 6.45) is 4.68. The summed E-state index contributed by atoms with van der Waals surface area (Å²) in [6.45, 7) is 1.51. The molecule has 1 aromatic rings. The van der Waals surface area contributed by atoms with Crippen LogP contribution in [0, 0.1) is 0 Å². The zero-order valence-corrected chi connectivity index (χ0v) is 10.5. The molecule has 1 aliphatic heterocycles. The minimum absolute atomic E-state index is 0.0712. The van der Waals surface area contributed by atoms with Crippen LogP contribution < -0.4 is 11.1 Å². The predicted octanol–water partition coefficient (Wildman–Crippen LogP) is 1.96. The molecule has 2 rings (SSSR count). The van der Waals surface area contributed by atoms with E-state index in [0.29, 0.717) is 23.9 Å². The van der Waals surface area contributed by atoms with Crippen LogP contribution in [-0.4, -0.2) is 25.2 Å². The molecule has 4 heteroatoms. The van der Waals surface area contributed by atoms with Crippen LogP contribution in [0.2, 0.25) is 0 Å². The van der Waals surface area contributed by atoms with Gasteiger partial charge in [-0.3, -0.25) is 4.79 Å². The maximum absolute atomic E-state index is 11.8. The summed E-state index contributed by atoms with van der Waals surface area (Å²) in [5.41, 5.74) is 6.86. The molecule has 0 aromatic heterocycles. The Labute approximate surface area is 108 Å². The van der Waals surface area contributed by atoms with Crippen molar-refractivity contribution < 1.29 is 9.53 Å². The highest BCUT2D eigenvalue weighted by molar-refractivity contribution is 5.94. The topological polar surface area (TPSA) is 64.4 Å². The largest absolute Gasteiger partial charge is 0.399 e. The van der Waals surface area contributed by atoms with Gasteiger partial charge in [0, 0.05) is 24.4 Å². The lowest BCUT2D eigenvalue weighted by molar-refractivity contribution is 0.0117. The molecule has 1 atom stereocenters. The van der Waals surface area contributed by atoms with E-state index in [1.54, 1.807) is 24.3 Å². The molecule has 4 nitrogen and oxygen atoms in total. The molecular formula is C14H20N2O2. The summed E-state index contributed by atoms with van der Waals surface area (Å²) in [5, 5.41) is 2.90. The summed E-state index contributed by atoms with van der Waals surface area (Å²) in [6, 6.07) is 7.01. The minimum Gasteiger partial charge on any atom is -0.399 e. The third-order valence-corrected chi connectivity index (χ3v) is 3.17. The van der Waals surface area contributed by atoms with E-state index in [4.69, 9.17) is 10.5 Å². The van der Waals surface area contributed by atoms with Crippen LogP contribution >= 0.6 is 0 Å². The number of amides is 1. The van der Waals surface area contributed by atoms with Crippen molar-refractivity contribution in [3.63, 3.8) is 0 Å². The Morgan fingerprint density at radius 2 is 2.33 bits per heavy atom. The molecule has 0 spiro atoms. The van der Waals surface area contributed by atoms with E-state index < -0.39 is 0 Å². The van der Waals surface area contributed by atoms with Crippen molar-refractivity contribution in [1.82, 2.24) is 5.32 Å². The van der Waals surface area contributed by atoms with Crippen LogP contribution in [0.5, 0.6) is 0 Å².